The summed E-state index contributed by atoms with van der Waals surface area (Å²) in [6.45, 7) is 10.0. The van der Waals surface area contributed by atoms with Gasteiger partial charge in [-0.25, -0.2) is 0 Å². The van der Waals surface area contributed by atoms with Gasteiger partial charge >= 0.3 is 0 Å². The van der Waals surface area contributed by atoms with Gasteiger partial charge in [-0.1, -0.05) is 18.2 Å². The Hall–Kier alpha value is -1.52. The largest absolute Gasteiger partial charge is 0.493 e. The van der Waals surface area contributed by atoms with E-state index in [1.807, 2.05) is 37.3 Å². The normalized spacial score (nSPS) is 22.4. The molecule has 1 aromatic carbocycles. The molecular weight excluding hydrogens is 290 g/mol. The highest BCUT2D eigenvalue weighted by Gasteiger charge is 2.21. The second-order valence-electron chi connectivity index (χ2n) is 6.13. The van der Waals surface area contributed by atoms with Gasteiger partial charge < -0.3 is 14.2 Å². The lowest BCUT2D eigenvalue weighted by molar-refractivity contribution is -0.0686. The summed E-state index contributed by atoms with van der Waals surface area (Å²) >= 11 is 0. The van der Waals surface area contributed by atoms with E-state index in [4.69, 9.17) is 14.2 Å². The number of morpholine rings is 1. The van der Waals surface area contributed by atoms with Crippen LogP contribution in [0.25, 0.3) is 6.08 Å². The first-order valence-electron chi connectivity index (χ1n) is 8.43. The van der Waals surface area contributed by atoms with Crippen molar-refractivity contribution in [1.29, 1.82) is 0 Å². The van der Waals surface area contributed by atoms with Crippen LogP contribution in [0, 0.1) is 0 Å². The zero-order valence-electron chi connectivity index (χ0n) is 14.7. The van der Waals surface area contributed by atoms with Crippen LogP contribution in [0.2, 0.25) is 0 Å². The SMILES string of the molecule is C/C=C/c1ccc(OCCCN2C[C@@H](C)O[C@@H](C)C2)c(OC)c1. The third-order valence-electron chi connectivity index (χ3n) is 3.92. The molecule has 0 spiro atoms. The molecule has 1 saturated heterocycles. The molecule has 0 aliphatic carbocycles. The minimum atomic E-state index is 0.318. The van der Waals surface area contributed by atoms with E-state index >= 15 is 0 Å². The van der Waals surface area contributed by atoms with Crippen molar-refractivity contribution >= 4 is 6.08 Å². The molecule has 0 N–H and O–H groups in total. The fourth-order valence-electron chi connectivity index (χ4n) is 3.04. The van der Waals surface area contributed by atoms with E-state index in [1.165, 1.54) is 0 Å². The lowest BCUT2D eigenvalue weighted by Crippen LogP contribution is -2.45. The molecule has 4 heteroatoms. The number of methoxy groups -OCH3 is 1. The first-order chi connectivity index (χ1) is 11.1. The van der Waals surface area contributed by atoms with Crippen LogP contribution in [0.1, 0.15) is 32.8 Å². The van der Waals surface area contributed by atoms with Crippen LogP contribution in [-0.4, -0.2) is 50.5 Å². The molecule has 1 fully saturated rings. The van der Waals surface area contributed by atoms with Crippen molar-refractivity contribution in [3.8, 4) is 11.5 Å². The van der Waals surface area contributed by atoms with Crippen molar-refractivity contribution in [1.82, 2.24) is 4.90 Å². The third kappa shape index (κ3) is 5.56. The van der Waals surface area contributed by atoms with Gasteiger partial charge in [-0.15, -0.1) is 0 Å². The van der Waals surface area contributed by atoms with E-state index in [0.717, 1.165) is 43.1 Å². The molecule has 0 aromatic heterocycles. The van der Waals surface area contributed by atoms with Gasteiger partial charge in [-0.3, -0.25) is 4.90 Å². The number of nitrogens with zero attached hydrogens (tertiary/aromatic N) is 1. The third-order valence-corrected chi connectivity index (χ3v) is 3.92. The molecule has 0 unspecified atom stereocenters. The maximum Gasteiger partial charge on any atom is 0.161 e. The van der Waals surface area contributed by atoms with Gasteiger partial charge in [0.15, 0.2) is 11.5 Å². The number of benzene rings is 1. The van der Waals surface area contributed by atoms with Crippen LogP contribution < -0.4 is 9.47 Å². The number of hydrogen-bond donors (Lipinski definition) is 0. The number of allylic oxidation sites excluding steroid dienone is 1. The van der Waals surface area contributed by atoms with Crippen LogP contribution >= 0.6 is 0 Å². The Balaban J connectivity index is 1.79. The Morgan fingerprint density at radius 3 is 2.61 bits per heavy atom. The van der Waals surface area contributed by atoms with Crippen molar-refractivity contribution in [2.45, 2.75) is 39.4 Å². The van der Waals surface area contributed by atoms with Crippen molar-refractivity contribution in [3.05, 3.63) is 29.8 Å². The van der Waals surface area contributed by atoms with Crippen LogP contribution in [-0.2, 0) is 4.74 Å². The number of rotatable bonds is 7. The van der Waals surface area contributed by atoms with E-state index in [1.54, 1.807) is 7.11 Å². The first-order valence-corrected chi connectivity index (χ1v) is 8.43. The molecule has 0 bridgehead atoms. The molecule has 1 heterocycles. The maximum atomic E-state index is 5.90. The summed E-state index contributed by atoms with van der Waals surface area (Å²) in [5.41, 5.74) is 1.12. The minimum Gasteiger partial charge on any atom is -0.493 e. The lowest BCUT2D eigenvalue weighted by atomic mass is 10.2. The van der Waals surface area contributed by atoms with Crippen molar-refractivity contribution in [2.75, 3.05) is 33.4 Å². The van der Waals surface area contributed by atoms with E-state index in [0.29, 0.717) is 18.8 Å². The van der Waals surface area contributed by atoms with E-state index in [2.05, 4.69) is 18.7 Å². The highest BCUT2D eigenvalue weighted by atomic mass is 16.5. The van der Waals surface area contributed by atoms with Crippen LogP contribution in [0.15, 0.2) is 24.3 Å². The second kappa shape index (κ2) is 8.94. The Labute approximate surface area is 140 Å². The second-order valence-corrected chi connectivity index (χ2v) is 6.13. The van der Waals surface area contributed by atoms with Crippen molar-refractivity contribution in [2.24, 2.45) is 0 Å². The van der Waals surface area contributed by atoms with Gasteiger partial charge in [-0.2, -0.15) is 0 Å². The molecule has 0 radical (unpaired) electrons. The quantitative estimate of drug-likeness (QED) is 0.719. The summed E-state index contributed by atoms with van der Waals surface area (Å²) in [5, 5.41) is 0. The molecule has 1 aliphatic heterocycles. The van der Waals surface area contributed by atoms with Crippen LogP contribution in [0.4, 0.5) is 0 Å². The number of ether oxygens (including phenoxy) is 3. The molecule has 0 saturated carbocycles. The van der Waals surface area contributed by atoms with Gasteiger partial charge in [0.25, 0.3) is 0 Å². The average molecular weight is 319 g/mol. The topological polar surface area (TPSA) is 30.9 Å². The van der Waals surface area contributed by atoms with Gasteiger partial charge in [-0.05, 0) is 44.9 Å². The fourth-order valence-corrected chi connectivity index (χ4v) is 3.04. The van der Waals surface area contributed by atoms with E-state index in [-0.39, 0.29) is 0 Å². The van der Waals surface area contributed by atoms with Gasteiger partial charge in [0.05, 0.1) is 25.9 Å². The molecule has 23 heavy (non-hydrogen) atoms. The highest BCUT2D eigenvalue weighted by Crippen LogP contribution is 2.28. The molecule has 2 rings (SSSR count). The van der Waals surface area contributed by atoms with Crippen LogP contribution in [0.3, 0.4) is 0 Å². The monoisotopic (exact) mass is 319 g/mol. The lowest BCUT2D eigenvalue weighted by Gasteiger charge is -2.35. The minimum absolute atomic E-state index is 0.318. The van der Waals surface area contributed by atoms with Crippen molar-refractivity contribution in [3.63, 3.8) is 0 Å². The van der Waals surface area contributed by atoms with Gasteiger partial charge in [0.2, 0.25) is 0 Å². The van der Waals surface area contributed by atoms with Gasteiger partial charge in [0.1, 0.15) is 0 Å². The standard InChI is InChI=1S/C19H29NO3/c1-5-7-17-8-9-18(19(12-17)21-4)22-11-6-10-20-13-15(2)23-16(3)14-20/h5,7-9,12,15-16H,6,10-11,13-14H2,1-4H3/b7-5+/t15-,16+. The van der Waals surface area contributed by atoms with Gasteiger partial charge in [0, 0.05) is 19.6 Å². The molecule has 1 aliphatic rings. The number of hydrogen-bond acceptors (Lipinski definition) is 4. The predicted octanol–water partition coefficient (Wildman–Crippen LogP) is 3.61. The summed E-state index contributed by atoms with van der Waals surface area (Å²) in [6.07, 6.45) is 5.70. The van der Waals surface area contributed by atoms with Crippen LogP contribution in [0.5, 0.6) is 11.5 Å². The summed E-state index contributed by atoms with van der Waals surface area (Å²) < 4.78 is 17.1. The summed E-state index contributed by atoms with van der Waals surface area (Å²) in [5.74, 6) is 1.60. The average Bonchev–Trinajstić information content (AvgIpc) is 2.52. The fraction of sp³-hybridized carbons (Fsp3) is 0.579. The zero-order valence-corrected chi connectivity index (χ0v) is 14.7. The van der Waals surface area contributed by atoms with E-state index < -0.39 is 0 Å². The smallest absolute Gasteiger partial charge is 0.161 e. The maximum absolute atomic E-state index is 5.90. The summed E-state index contributed by atoms with van der Waals surface area (Å²) in [6, 6.07) is 6.02. The Bertz CT molecular complexity index is 505. The Morgan fingerprint density at radius 1 is 1.22 bits per heavy atom. The Kier molecular flexibility index (Phi) is 6.93. The summed E-state index contributed by atoms with van der Waals surface area (Å²) in [7, 11) is 1.68. The molecule has 2 atom stereocenters. The molecule has 1 aromatic rings. The Morgan fingerprint density at radius 2 is 1.96 bits per heavy atom. The molecule has 4 nitrogen and oxygen atoms in total. The summed E-state index contributed by atoms with van der Waals surface area (Å²) in [4.78, 5) is 2.45. The predicted molar refractivity (Wildman–Crippen MR) is 94.3 cm³/mol. The highest BCUT2D eigenvalue weighted by molar-refractivity contribution is 5.55. The van der Waals surface area contributed by atoms with Crippen molar-refractivity contribution < 1.29 is 14.2 Å². The first kappa shape index (κ1) is 17.8. The molecular formula is C19H29NO3. The molecule has 0 amide bonds. The molecule has 128 valence electrons. The van der Waals surface area contributed by atoms with E-state index in [9.17, 15) is 0 Å². The zero-order chi connectivity index (χ0) is 16.7.